The molecule has 0 radical (unpaired) electrons. The molecule has 1 aliphatic heterocycles. The van der Waals surface area contributed by atoms with E-state index < -0.39 is 0 Å². The number of thiophene rings is 2. The molecule has 0 N–H and O–H groups in total. The summed E-state index contributed by atoms with van der Waals surface area (Å²) < 4.78 is 18.8. The molecule has 1 atom stereocenters. The molecule has 0 amide bonds. The average Bonchev–Trinajstić information content (AvgIpc) is 3.44. The highest BCUT2D eigenvalue weighted by molar-refractivity contribution is 7.10. The molecule has 0 bridgehead atoms. The van der Waals surface area contributed by atoms with Crippen molar-refractivity contribution < 1.29 is 8.81 Å². The lowest BCUT2D eigenvalue weighted by Gasteiger charge is -2.34. The predicted molar refractivity (Wildman–Crippen MR) is 106 cm³/mol. The normalized spacial score (nSPS) is 17.1. The zero-order chi connectivity index (χ0) is 18.2. The van der Waals surface area contributed by atoms with Crippen LogP contribution in [0.15, 0.2) is 63.9 Å². The molecule has 0 spiro atoms. The van der Waals surface area contributed by atoms with E-state index in [1.54, 1.807) is 29.7 Å². The highest BCUT2D eigenvalue weighted by atomic mass is 32.1. The van der Waals surface area contributed by atoms with Crippen molar-refractivity contribution in [3.8, 4) is 11.5 Å². The van der Waals surface area contributed by atoms with Crippen molar-refractivity contribution in [2.75, 3.05) is 6.54 Å². The van der Waals surface area contributed by atoms with Crippen LogP contribution < -0.4 is 0 Å². The third-order valence-corrected chi connectivity index (χ3v) is 6.81. The van der Waals surface area contributed by atoms with Crippen molar-refractivity contribution in [2.45, 2.75) is 19.0 Å². The van der Waals surface area contributed by atoms with Crippen LogP contribution in [0.2, 0.25) is 0 Å². The summed E-state index contributed by atoms with van der Waals surface area (Å²) in [6, 6.07) is 13.1. The van der Waals surface area contributed by atoms with Gasteiger partial charge < -0.3 is 4.42 Å². The number of benzene rings is 1. The molecule has 1 aromatic carbocycles. The quantitative estimate of drug-likeness (QED) is 0.440. The van der Waals surface area contributed by atoms with Crippen LogP contribution in [0.4, 0.5) is 4.39 Å². The molecule has 27 heavy (non-hydrogen) atoms. The Morgan fingerprint density at radius 2 is 2.00 bits per heavy atom. The standard InChI is InChI=1S/C21H17FN2OS2/c22-15-5-3-14(4-6-15)21-23-16(13-25-21)12-24-9-7-18-17(8-11-27-18)20(24)19-2-1-10-26-19/h1-6,8,10-11,13,20H,7,9,12H2/t20-/m1/s1. The fourth-order valence-electron chi connectivity index (χ4n) is 3.63. The van der Waals surface area contributed by atoms with Crippen LogP contribution >= 0.6 is 22.7 Å². The van der Waals surface area contributed by atoms with E-state index in [0.717, 1.165) is 30.8 Å². The van der Waals surface area contributed by atoms with Crippen LogP contribution in [0.1, 0.15) is 27.1 Å². The molecule has 0 saturated carbocycles. The van der Waals surface area contributed by atoms with Crippen LogP contribution in [0.5, 0.6) is 0 Å². The highest BCUT2D eigenvalue weighted by Gasteiger charge is 2.30. The maximum atomic E-state index is 13.1. The molecule has 0 saturated heterocycles. The lowest BCUT2D eigenvalue weighted by atomic mass is 9.98. The molecule has 1 aliphatic rings. The van der Waals surface area contributed by atoms with Gasteiger partial charge in [0.15, 0.2) is 0 Å². The van der Waals surface area contributed by atoms with Gasteiger partial charge in [-0.3, -0.25) is 4.90 Å². The Bertz CT molecular complexity index is 1040. The zero-order valence-electron chi connectivity index (χ0n) is 14.5. The molecule has 0 aliphatic carbocycles. The Kier molecular flexibility index (Phi) is 4.39. The Balaban J connectivity index is 1.42. The van der Waals surface area contributed by atoms with E-state index in [0.29, 0.717) is 5.89 Å². The molecule has 136 valence electrons. The minimum Gasteiger partial charge on any atom is -0.444 e. The van der Waals surface area contributed by atoms with E-state index in [1.807, 2.05) is 11.3 Å². The number of aromatic nitrogens is 1. The van der Waals surface area contributed by atoms with E-state index in [-0.39, 0.29) is 11.9 Å². The fourth-order valence-corrected chi connectivity index (χ4v) is 5.41. The van der Waals surface area contributed by atoms with Gasteiger partial charge >= 0.3 is 0 Å². The van der Waals surface area contributed by atoms with Crippen LogP contribution in [-0.4, -0.2) is 16.4 Å². The summed E-state index contributed by atoms with van der Waals surface area (Å²) in [5.74, 6) is 0.273. The lowest BCUT2D eigenvalue weighted by molar-refractivity contribution is 0.206. The summed E-state index contributed by atoms with van der Waals surface area (Å²) in [5, 5.41) is 4.33. The second-order valence-corrected chi connectivity index (χ2v) is 8.57. The van der Waals surface area contributed by atoms with Gasteiger partial charge in [-0.25, -0.2) is 9.37 Å². The number of oxazole rings is 1. The van der Waals surface area contributed by atoms with Crippen molar-refractivity contribution in [2.24, 2.45) is 0 Å². The Labute approximate surface area is 164 Å². The van der Waals surface area contributed by atoms with Gasteiger partial charge in [0.25, 0.3) is 0 Å². The number of fused-ring (bicyclic) bond motifs is 1. The van der Waals surface area contributed by atoms with Gasteiger partial charge in [0.2, 0.25) is 5.89 Å². The number of halogens is 1. The predicted octanol–water partition coefficient (Wildman–Crippen LogP) is 5.75. The first kappa shape index (κ1) is 16.9. The smallest absolute Gasteiger partial charge is 0.226 e. The maximum absolute atomic E-state index is 13.1. The Morgan fingerprint density at radius 3 is 2.81 bits per heavy atom. The molecule has 4 aromatic rings. The van der Waals surface area contributed by atoms with Crippen LogP contribution in [-0.2, 0) is 13.0 Å². The molecule has 5 rings (SSSR count). The minimum absolute atomic E-state index is 0.260. The molecule has 4 heterocycles. The zero-order valence-corrected chi connectivity index (χ0v) is 16.1. The number of hydrogen-bond donors (Lipinski definition) is 0. The fraction of sp³-hybridized carbons (Fsp3) is 0.190. The summed E-state index contributed by atoms with van der Waals surface area (Å²) >= 11 is 3.65. The number of nitrogens with zero attached hydrogens (tertiary/aromatic N) is 2. The molecular weight excluding hydrogens is 379 g/mol. The first-order chi connectivity index (χ1) is 13.3. The molecular formula is C21H17FN2OS2. The van der Waals surface area contributed by atoms with Crippen LogP contribution in [0.25, 0.3) is 11.5 Å². The summed E-state index contributed by atoms with van der Waals surface area (Å²) in [6.07, 6.45) is 2.78. The molecule has 6 heteroatoms. The monoisotopic (exact) mass is 396 g/mol. The van der Waals surface area contributed by atoms with Crippen molar-refractivity contribution in [3.63, 3.8) is 0 Å². The first-order valence-corrected chi connectivity index (χ1v) is 10.6. The second kappa shape index (κ2) is 7.03. The minimum atomic E-state index is -0.260. The van der Waals surface area contributed by atoms with E-state index in [4.69, 9.17) is 4.42 Å². The number of rotatable bonds is 4. The molecule has 0 fully saturated rings. The van der Waals surface area contributed by atoms with Gasteiger partial charge in [-0.15, -0.1) is 22.7 Å². The summed E-state index contributed by atoms with van der Waals surface area (Å²) in [6.45, 7) is 1.72. The van der Waals surface area contributed by atoms with Gasteiger partial charge in [-0.1, -0.05) is 6.07 Å². The van der Waals surface area contributed by atoms with Gasteiger partial charge in [0.05, 0.1) is 11.7 Å². The number of hydrogen-bond acceptors (Lipinski definition) is 5. The maximum Gasteiger partial charge on any atom is 0.226 e. The summed E-state index contributed by atoms with van der Waals surface area (Å²) in [4.78, 5) is 9.95. The van der Waals surface area contributed by atoms with E-state index in [9.17, 15) is 4.39 Å². The summed E-state index contributed by atoms with van der Waals surface area (Å²) in [5.41, 5.74) is 3.10. The largest absolute Gasteiger partial charge is 0.444 e. The van der Waals surface area contributed by atoms with Crippen LogP contribution in [0.3, 0.4) is 0 Å². The van der Waals surface area contributed by atoms with E-state index in [1.165, 1.54) is 27.5 Å². The van der Waals surface area contributed by atoms with Crippen molar-refractivity contribution >= 4 is 22.7 Å². The van der Waals surface area contributed by atoms with Crippen molar-refractivity contribution in [1.29, 1.82) is 0 Å². The lowest BCUT2D eigenvalue weighted by Crippen LogP contribution is -2.34. The first-order valence-electron chi connectivity index (χ1n) is 8.82. The third kappa shape index (κ3) is 3.25. The highest BCUT2D eigenvalue weighted by Crippen LogP contribution is 2.40. The molecule has 3 aromatic heterocycles. The Hall–Kier alpha value is -2.28. The molecule has 3 nitrogen and oxygen atoms in total. The summed E-state index contributed by atoms with van der Waals surface area (Å²) in [7, 11) is 0. The van der Waals surface area contributed by atoms with Gasteiger partial charge in [-0.2, -0.15) is 0 Å². The Morgan fingerprint density at radius 1 is 1.11 bits per heavy atom. The van der Waals surface area contributed by atoms with Crippen LogP contribution in [0, 0.1) is 5.82 Å². The second-order valence-electron chi connectivity index (χ2n) is 6.59. The van der Waals surface area contributed by atoms with E-state index in [2.05, 4.69) is 38.8 Å². The van der Waals surface area contributed by atoms with Gasteiger partial charge in [0.1, 0.15) is 12.1 Å². The topological polar surface area (TPSA) is 29.3 Å². The van der Waals surface area contributed by atoms with E-state index >= 15 is 0 Å². The van der Waals surface area contributed by atoms with Gasteiger partial charge in [0, 0.05) is 28.4 Å². The van der Waals surface area contributed by atoms with Gasteiger partial charge in [-0.05, 0) is 59.1 Å². The van der Waals surface area contributed by atoms with Crippen molar-refractivity contribution in [1.82, 2.24) is 9.88 Å². The SMILES string of the molecule is Fc1ccc(-c2nc(CN3CCc4sccc4[C@@H]3c3cccs3)co2)cc1. The average molecular weight is 397 g/mol. The van der Waals surface area contributed by atoms with Crippen molar-refractivity contribution in [3.05, 3.63) is 86.3 Å². The third-order valence-electron chi connectivity index (χ3n) is 4.89. The molecule has 0 unspecified atom stereocenters.